The van der Waals surface area contributed by atoms with Gasteiger partial charge >= 0.3 is 0 Å². The molecular formula is C18H36O. The van der Waals surface area contributed by atoms with Crippen LogP contribution < -0.4 is 0 Å². The zero-order valence-corrected chi connectivity index (χ0v) is 14.1. The van der Waals surface area contributed by atoms with Crippen LogP contribution >= 0.6 is 0 Å². The molecule has 1 aliphatic carbocycles. The van der Waals surface area contributed by atoms with Crippen molar-refractivity contribution in [1.82, 2.24) is 0 Å². The first-order valence-corrected chi connectivity index (χ1v) is 7.95. The van der Waals surface area contributed by atoms with E-state index in [-0.39, 0.29) is 11.5 Å². The van der Waals surface area contributed by atoms with Crippen LogP contribution in [0.5, 0.6) is 0 Å². The smallest absolute Gasteiger partial charge is 0.0769 e. The number of rotatable bonds is 3. The SMILES string of the molecule is C=CC(O)C(C)(C)CC.CC(C)(C)C1CCCCC1. The molecule has 0 aromatic rings. The Labute approximate surface area is 121 Å². The Hall–Kier alpha value is -0.300. The predicted molar refractivity (Wildman–Crippen MR) is 86.3 cm³/mol. The molecule has 0 bridgehead atoms. The first kappa shape index (κ1) is 18.7. The molecule has 1 aliphatic rings. The zero-order valence-electron chi connectivity index (χ0n) is 14.1. The lowest BCUT2D eigenvalue weighted by molar-refractivity contribution is 0.0879. The van der Waals surface area contributed by atoms with Crippen LogP contribution in [-0.4, -0.2) is 11.2 Å². The molecule has 0 aliphatic heterocycles. The molecule has 1 atom stereocenters. The summed E-state index contributed by atoms with van der Waals surface area (Å²) in [5, 5.41) is 9.27. The van der Waals surface area contributed by atoms with Gasteiger partial charge in [0.1, 0.15) is 0 Å². The minimum atomic E-state index is -0.373. The van der Waals surface area contributed by atoms with Gasteiger partial charge in [0.15, 0.2) is 0 Å². The molecule has 0 aromatic heterocycles. The van der Waals surface area contributed by atoms with Crippen molar-refractivity contribution in [2.24, 2.45) is 16.7 Å². The minimum Gasteiger partial charge on any atom is -0.388 e. The standard InChI is InChI=1S/C10H20.C8H16O/c1-10(2,3)9-7-5-4-6-8-9;1-5-7(9)8(3,4)6-2/h9H,4-8H2,1-3H3;5,7,9H,1,6H2,2-4H3. The third-order valence-electron chi connectivity index (χ3n) is 4.77. The first-order chi connectivity index (χ1) is 8.65. The second-order valence-electron chi connectivity index (χ2n) is 7.72. The first-order valence-electron chi connectivity index (χ1n) is 7.95. The Bertz CT molecular complexity index is 241. The Morgan fingerprint density at radius 3 is 1.79 bits per heavy atom. The second kappa shape index (κ2) is 8.09. The highest BCUT2D eigenvalue weighted by Gasteiger charge is 2.25. The molecule has 1 fully saturated rings. The Balaban J connectivity index is 0.000000344. The molecule has 1 nitrogen and oxygen atoms in total. The summed E-state index contributed by atoms with van der Waals surface area (Å²) < 4.78 is 0. The Morgan fingerprint density at radius 1 is 1.11 bits per heavy atom. The van der Waals surface area contributed by atoms with Crippen LogP contribution in [0.15, 0.2) is 12.7 Å². The molecule has 0 aromatic carbocycles. The summed E-state index contributed by atoms with van der Waals surface area (Å²) in [4.78, 5) is 0. The lowest BCUT2D eigenvalue weighted by Crippen LogP contribution is -2.25. The summed E-state index contributed by atoms with van der Waals surface area (Å²) in [6.07, 6.45) is 9.56. The largest absolute Gasteiger partial charge is 0.388 e. The van der Waals surface area contributed by atoms with E-state index in [1.165, 1.54) is 32.1 Å². The van der Waals surface area contributed by atoms with Gasteiger partial charge < -0.3 is 5.11 Å². The van der Waals surface area contributed by atoms with Crippen LogP contribution in [0.3, 0.4) is 0 Å². The second-order valence-corrected chi connectivity index (χ2v) is 7.72. The molecule has 1 unspecified atom stereocenters. The summed E-state index contributed by atoms with van der Waals surface area (Å²) >= 11 is 0. The predicted octanol–water partition coefficient (Wildman–Crippen LogP) is 5.58. The number of hydrogen-bond acceptors (Lipinski definition) is 1. The van der Waals surface area contributed by atoms with E-state index in [4.69, 9.17) is 0 Å². The van der Waals surface area contributed by atoms with Gasteiger partial charge in [0.25, 0.3) is 0 Å². The van der Waals surface area contributed by atoms with E-state index < -0.39 is 0 Å². The highest BCUT2D eigenvalue weighted by molar-refractivity contribution is 4.89. The fourth-order valence-electron chi connectivity index (χ4n) is 2.50. The fourth-order valence-corrected chi connectivity index (χ4v) is 2.50. The van der Waals surface area contributed by atoms with E-state index in [0.717, 1.165) is 12.3 Å². The van der Waals surface area contributed by atoms with Crippen molar-refractivity contribution in [2.75, 3.05) is 0 Å². The van der Waals surface area contributed by atoms with Gasteiger partial charge in [-0.2, -0.15) is 0 Å². The van der Waals surface area contributed by atoms with Crippen LogP contribution in [0.2, 0.25) is 0 Å². The zero-order chi connectivity index (χ0) is 15.1. The molecular weight excluding hydrogens is 232 g/mol. The molecule has 1 N–H and O–H groups in total. The lowest BCUT2D eigenvalue weighted by atomic mass is 9.72. The highest BCUT2D eigenvalue weighted by atomic mass is 16.3. The molecule has 0 amide bonds. The van der Waals surface area contributed by atoms with E-state index >= 15 is 0 Å². The molecule has 0 saturated heterocycles. The minimum absolute atomic E-state index is 0.0122. The van der Waals surface area contributed by atoms with Crippen molar-refractivity contribution < 1.29 is 5.11 Å². The van der Waals surface area contributed by atoms with Crippen LogP contribution in [0.1, 0.15) is 80.1 Å². The quantitative estimate of drug-likeness (QED) is 0.662. The van der Waals surface area contributed by atoms with Crippen molar-refractivity contribution in [3.8, 4) is 0 Å². The van der Waals surface area contributed by atoms with Crippen molar-refractivity contribution in [3.05, 3.63) is 12.7 Å². The summed E-state index contributed by atoms with van der Waals surface area (Å²) in [7, 11) is 0. The Morgan fingerprint density at radius 2 is 1.58 bits per heavy atom. The van der Waals surface area contributed by atoms with Gasteiger partial charge in [-0.15, -0.1) is 6.58 Å². The van der Waals surface area contributed by atoms with Crippen molar-refractivity contribution in [3.63, 3.8) is 0 Å². The van der Waals surface area contributed by atoms with Crippen LogP contribution in [0.4, 0.5) is 0 Å². The topological polar surface area (TPSA) is 20.2 Å². The fraction of sp³-hybridized carbons (Fsp3) is 0.889. The number of aliphatic hydroxyl groups is 1. The van der Waals surface area contributed by atoms with Gasteiger partial charge in [-0.1, -0.05) is 66.9 Å². The molecule has 1 heteroatoms. The van der Waals surface area contributed by atoms with E-state index in [1.54, 1.807) is 6.08 Å². The highest BCUT2D eigenvalue weighted by Crippen LogP contribution is 2.37. The molecule has 0 heterocycles. The van der Waals surface area contributed by atoms with Crippen LogP contribution in [-0.2, 0) is 0 Å². The van der Waals surface area contributed by atoms with Crippen LogP contribution in [0, 0.1) is 16.7 Å². The van der Waals surface area contributed by atoms with Crippen molar-refractivity contribution >= 4 is 0 Å². The normalized spacial score (nSPS) is 19.3. The summed E-state index contributed by atoms with van der Waals surface area (Å²) in [5.41, 5.74) is 0.558. The maximum absolute atomic E-state index is 9.27. The van der Waals surface area contributed by atoms with Crippen LogP contribution in [0.25, 0.3) is 0 Å². The van der Waals surface area contributed by atoms with E-state index in [9.17, 15) is 5.11 Å². The summed E-state index contributed by atoms with van der Waals surface area (Å²) in [6.45, 7) is 16.8. The van der Waals surface area contributed by atoms with E-state index in [1.807, 2.05) is 13.8 Å². The van der Waals surface area contributed by atoms with Gasteiger partial charge in [-0.3, -0.25) is 0 Å². The van der Waals surface area contributed by atoms with Gasteiger partial charge in [-0.05, 0) is 36.0 Å². The van der Waals surface area contributed by atoms with E-state index in [0.29, 0.717) is 5.41 Å². The third kappa shape index (κ3) is 7.15. The maximum atomic E-state index is 9.27. The van der Waals surface area contributed by atoms with Gasteiger partial charge in [-0.25, -0.2) is 0 Å². The molecule has 1 rings (SSSR count). The van der Waals surface area contributed by atoms with Crippen molar-refractivity contribution in [2.45, 2.75) is 86.2 Å². The summed E-state index contributed by atoms with van der Waals surface area (Å²) in [5.74, 6) is 1.00. The monoisotopic (exact) mass is 268 g/mol. The molecule has 1 saturated carbocycles. The van der Waals surface area contributed by atoms with Crippen molar-refractivity contribution in [1.29, 1.82) is 0 Å². The maximum Gasteiger partial charge on any atom is 0.0769 e. The van der Waals surface area contributed by atoms with E-state index in [2.05, 4.69) is 34.3 Å². The van der Waals surface area contributed by atoms with Gasteiger partial charge in [0, 0.05) is 0 Å². The molecule has 0 radical (unpaired) electrons. The van der Waals surface area contributed by atoms with Gasteiger partial charge in [0.2, 0.25) is 0 Å². The molecule has 114 valence electrons. The summed E-state index contributed by atoms with van der Waals surface area (Å²) in [6, 6.07) is 0. The number of aliphatic hydroxyl groups excluding tert-OH is 1. The Kier molecular flexibility index (Phi) is 7.96. The lowest BCUT2D eigenvalue weighted by Gasteiger charge is -2.33. The third-order valence-corrected chi connectivity index (χ3v) is 4.77. The number of hydrogen-bond donors (Lipinski definition) is 1. The average molecular weight is 268 g/mol. The molecule has 0 spiro atoms. The van der Waals surface area contributed by atoms with Gasteiger partial charge in [0.05, 0.1) is 6.10 Å². The average Bonchev–Trinajstić information content (AvgIpc) is 2.38. The molecule has 19 heavy (non-hydrogen) atoms.